The molecule has 1 aromatic rings. The summed E-state index contributed by atoms with van der Waals surface area (Å²) >= 11 is 0. The van der Waals surface area contributed by atoms with Gasteiger partial charge in [-0.3, -0.25) is 4.79 Å². The second kappa shape index (κ2) is 8.73. The largest absolute Gasteiger partial charge is 0.334 e. The predicted molar refractivity (Wildman–Crippen MR) is 78.4 cm³/mol. The number of fused-ring (bicyclic) bond motifs is 1. The van der Waals surface area contributed by atoms with Crippen LogP contribution in [0.25, 0.3) is 0 Å². The van der Waals surface area contributed by atoms with E-state index in [1.165, 1.54) is 16.7 Å². The number of rotatable bonds is 1. The van der Waals surface area contributed by atoms with E-state index < -0.39 is 0 Å². The Balaban J connectivity index is 0.000000659. The van der Waals surface area contributed by atoms with Gasteiger partial charge in [0.1, 0.15) is 0 Å². The highest BCUT2D eigenvalue weighted by atomic mass is 16.2. The molecule has 0 spiro atoms. The highest BCUT2D eigenvalue weighted by Crippen LogP contribution is 2.23. The SMILES string of the molecule is CC.CC.CCC(=O)N1Cc2ccc(C)cc2C1. The van der Waals surface area contributed by atoms with Crippen molar-refractivity contribution in [3.63, 3.8) is 0 Å². The number of nitrogens with zero attached hydrogens (tertiary/aromatic N) is 1. The highest BCUT2D eigenvalue weighted by molar-refractivity contribution is 5.76. The molecule has 2 heteroatoms. The molecule has 1 aliphatic heterocycles. The van der Waals surface area contributed by atoms with Gasteiger partial charge in [-0.1, -0.05) is 58.4 Å². The van der Waals surface area contributed by atoms with Crippen molar-refractivity contribution in [3.8, 4) is 0 Å². The number of carbonyl (C=O) groups is 1. The quantitative estimate of drug-likeness (QED) is 0.726. The molecule has 0 saturated carbocycles. The topological polar surface area (TPSA) is 20.3 Å². The van der Waals surface area contributed by atoms with E-state index in [0.29, 0.717) is 6.42 Å². The summed E-state index contributed by atoms with van der Waals surface area (Å²) in [6.45, 7) is 13.6. The first-order valence-corrected chi connectivity index (χ1v) is 7.07. The van der Waals surface area contributed by atoms with Gasteiger partial charge >= 0.3 is 0 Å². The monoisotopic (exact) mass is 249 g/mol. The minimum atomic E-state index is 0.249. The second-order valence-corrected chi connectivity index (χ2v) is 3.88. The van der Waals surface area contributed by atoms with Crippen molar-refractivity contribution in [3.05, 3.63) is 34.9 Å². The van der Waals surface area contributed by atoms with Crippen LogP contribution in [0, 0.1) is 6.92 Å². The summed E-state index contributed by atoms with van der Waals surface area (Å²) in [5, 5.41) is 0. The maximum Gasteiger partial charge on any atom is 0.222 e. The third-order valence-corrected chi connectivity index (χ3v) is 2.74. The molecule has 1 amide bonds. The van der Waals surface area contributed by atoms with E-state index in [4.69, 9.17) is 0 Å². The Hall–Kier alpha value is -1.31. The minimum Gasteiger partial charge on any atom is -0.334 e. The summed E-state index contributed by atoms with van der Waals surface area (Å²) in [6, 6.07) is 6.42. The zero-order valence-electron chi connectivity index (χ0n) is 12.7. The predicted octanol–water partition coefficient (Wildman–Crippen LogP) is 4.30. The van der Waals surface area contributed by atoms with Gasteiger partial charge < -0.3 is 4.90 Å². The molecule has 1 aliphatic rings. The third kappa shape index (κ3) is 4.17. The number of hydrogen-bond donors (Lipinski definition) is 0. The molecule has 102 valence electrons. The molecule has 0 atom stereocenters. The fraction of sp³-hybridized carbons (Fsp3) is 0.562. The molecule has 0 bridgehead atoms. The third-order valence-electron chi connectivity index (χ3n) is 2.74. The van der Waals surface area contributed by atoms with Crippen LogP contribution in [0.15, 0.2) is 18.2 Å². The lowest BCUT2D eigenvalue weighted by Crippen LogP contribution is -2.23. The van der Waals surface area contributed by atoms with Crippen LogP contribution in [-0.4, -0.2) is 10.8 Å². The average molecular weight is 249 g/mol. The van der Waals surface area contributed by atoms with Crippen LogP contribution in [-0.2, 0) is 17.9 Å². The van der Waals surface area contributed by atoms with E-state index in [1.807, 2.05) is 39.5 Å². The van der Waals surface area contributed by atoms with Gasteiger partial charge in [-0.05, 0) is 18.1 Å². The van der Waals surface area contributed by atoms with Gasteiger partial charge in [-0.15, -0.1) is 0 Å². The van der Waals surface area contributed by atoms with Gasteiger partial charge in [0.15, 0.2) is 0 Å². The van der Waals surface area contributed by atoms with Gasteiger partial charge in [0, 0.05) is 19.5 Å². The molecule has 0 unspecified atom stereocenters. The molecule has 0 radical (unpaired) electrons. The average Bonchev–Trinajstić information content (AvgIpc) is 2.85. The molecule has 18 heavy (non-hydrogen) atoms. The van der Waals surface area contributed by atoms with Crippen LogP contribution in [0.5, 0.6) is 0 Å². The number of carbonyl (C=O) groups excluding carboxylic acids is 1. The summed E-state index contributed by atoms with van der Waals surface area (Å²) in [4.78, 5) is 13.4. The summed E-state index contributed by atoms with van der Waals surface area (Å²) in [6.07, 6.45) is 0.604. The van der Waals surface area contributed by atoms with Gasteiger partial charge in [0.25, 0.3) is 0 Å². The summed E-state index contributed by atoms with van der Waals surface area (Å²) in [5.41, 5.74) is 3.89. The van der Waals surface area contributed by atoms with Crippen molar-refractivity contribution >= 4 is 5.91 Å². The Bertz CT molecular complexity index is 371. The van der Waals surface area contributed by atoms with Crippen LogP contribution in [0.4, 0.5) is 0 Å². The van der Waals surface area contributed by atoms with Crippen molar-refractivity contribution in [2.45, 2.75) is 61.1 Å². The van der Waals surface area contributed by atoms with E-state index in [0.717, 1.165) is 13.1 Å². The lowest BCUT2D eigenvalue weighted by Gasteiger charge is -2.13. The lowest BCUT2D eigenvalue weighted by molar-refractivity contribution is -0.131. The summed E-state index contributed by atoms with van der Waals surface area (Å²) in [7, 11) is 0. The summed E-state index contributed by atoms with van der Waals surface area (Å²) < 4.78 is 0. The van der Waals surface area contributed by atoms with E-state index >= 15 is 0 Å². The molecule has 0 fully saturated rings. The van der Waals surface area contributed by atoms with Crippen LogP contribution in [0.3, 0.4) is 0 Å². The van der Waals surface area contributed by atoms with Gasteiger partial charge in [-0.25, -0.2) is 0 Å². The van der Waals surface area contributed by atoms with Gasteiger partial charge in [0.05, 0.1) is 0 Å². The molecular weight excluding hydrogens is 222 g/mol. The number of aryl methyl sites for hydroxylation is 1. The van der Waals surface area contributed by atoms with Crippen molar-refractivity contribution in [2.75, 3.05) is 0 Å². The molecule has 0 aromatic heterocycles. The first kappa shape index (κ1) is 16.7. The number of hydrogen-bond acceptors (Lipinski definition) is 1. The van der Waals surface area contributed by atoms with Crippen molar-refractivity contribution in [1.82, 2.24) is 4.90 Å². The molecule has 2 nitrogen and oxygen atoms in total. The number of amides is 1. The Morgan fingerprint density at radius 3 is 2.22 bits per heavy atom. The van der Waals surface area contributed by atoms with Gasteiger partial charge in [0.2, 0.25) is 5.91 Å². The van der Waals surface area contributed by atoms with E-state index in [1.54, 1.807) is 0 Å². The zero-order valence-corrected chi connectivity index (χ0v) is 12.7. The fourth-order valence-corrected chi connectivity index (χ4v) is 1.92. The standard InChI is InChI=1S/C12H15NO.2C2H6/c1-3-12(14)13-7-10-5-4-9(2)6-11(10)8-13;2*1-2/h4-6H,3,7-8H2,1-2H3;2*1-2H3. The normalized spacial score (nSPS) is 11.8. The molecule has 0 saturated heterocycles. The van der Waals surface area contributed by atoms with Crippen LogP contribution < -0.4 is 0 Å². The molecular formula is C16H27NO. The smallest absolute Gasteiger partial charge is 0.222 e. The number of benzene rings is 1. The summed E-state index contributed by atoms with van der Waals surface area (Å²) in [5.74, 6) is 0.249. The highest BCUT2D eigenvalue weighted by Gasteiger charge is 2.21. The lowest BCUT2D eigenvalue weighted by atomic mass is 10.1. The Kier molecular flexibility index (Phi) is 8.10. The van der Waals surface area contributed by atoms with Gasteiger partial charge in [-0.2, -0.15) is 0 Å². The van der Waals surface area contributed by atoms with Crippen molar-refractivity contribution in [1.29, 1.82) is 0 Å². The molecule has 0 N–H and O–H groups in total. The van der Waals surface area contributed by atoms with E-state index in [9.17, 15) is 4.79 Å². The maximum atomic E-state index is 11.5. The van der Waals surface area contributed by atoms with Crippen molar-refractivity contribution < 1.29 is 4.79 Å². The maximum absolute atomic E-state index is 11.5. The molecule has 0 aliphatic carbocycles. The Morgan fingerprint density at radius 1 is 1.11 bits per heavy atom. The first-order chi connectivity index (χ1) is 8.70. The fourth-order valence-electron chi connectivity index (χ4n) is 1.92. The van der Waals surface area contributed by atoms with Crippen LogP contribution in [0.1, 0.15) is 57.7 Å². The Morgan fingerprint density at radius 2 is 1.67 bits per heavy atom. The Labute approximate surface area is 112 Å². The first-order valence-electron chi connectivity index (χ1n) is 7.07. The minimum absolute atomic E-state index is 0.249. The molecule has 1 heterocycles. The molecule has 1 aromatic carbocycles. The van der Waals surface area contributed by atoms with Crippen molar-refractivity contribution in [2.24, 2.45) is 0 Å². The van der Waals surface area contributed by atoms with E-state index in [-0.39, 0.29) is 5.91 Å². The van der Waals surface area contributed by atoms with E-state index in [2.05, 4.69) is 25.1 Å². The molecule has 2 rings (SSSR count). The van der Waals surface area contributed by atoms with Crippen LogP contribution >= 0.6 is 0 Å². The second-order valence-electron chi connectivity index (χ2n) is 3.88. The zero-order chi connectivity index (χ0) is 14.1. The van der Waals surface area contributed by atoms with Crippen LogP contribution in [0.2, 0.25) is 0 Å².